The summed E-state index contributed by atoms with van der Waals surface area (Å²) in [4.78, 5) is 26.3. The van der Waals surface area contributed by atoms with Crippen LogP contribution in [-0.4, -0.2) is 41.5 Å². The molecule has 2 saturated carbocycles. The number of hydrogen-bond donors (Lipinski definition) is 1. The molecule has 2 aliphatic carbocycles. The monoisotopic (exact) mass is 254 g/mol. The van der Waals surface area contributed by atoms with E-state index in [2.05, 4.69) is 5.32 Å². The Bertz CT molecular complexity index is 392. The number of carbonyl (C=O) groups is 2. The summed E-state index contributed by atoms with van der Waals surface area (Å²) in [5, 5.41) is 2.88. The lowest BCUT2D eigenvalue weighted by molar-refractivity contribution is -0.159. The third-order valence-electron chi connectivity index (χ3n) is 4.61. The lowest BCUT2D eigenvalue weighted by Crippen LogP contribution is -2.71. The van der Waals surface area contributed by atoms with E-state index in [1.165, 1.54) is 4.90 Å². The second kappa shape index (κ2) is 3.93. The van der Waals surface area contributed by atoms with Gasteiger partial charge in [0.25, 0.3) is 0 Å². The fourth-order valence-electron chi connectivity index (χ4n) is 3.10. The van der Waals surface area contributed by atoms with Gasteiger partial charge in [0.05, 0.1) is 6.54 Å². The van der Waals surface area contributed by atoms with Gasteiger partial charge in [-0.05, 0) is 44.4 Å². The maximum absolute atomic E-state index is 12.7. The summed E-state index contributed by atoms with van der Waals surface area (Å²) in [6.45, 7) is 1.25. The number of nitrogens with zero attached hydrogens (tertiary/aromatic N) is 1. The molecule has 0 spiro atoms. The van der Waals surface area contributed by atoms with Gasteiger partial charge in [0.15, 0.2) is 0 Å². The molecule has 4 nitrogen and oxygen atoms in total. The molecule has 5 heteroatoms. The van der Waals surface area contributed by atoms with Crippen LogP contribution in [0.3, 0.4) is 0 Å². The van der Waals surface area contributed by atoms with Crippen molar-refractivity contribution in [3.05, 3.63) is 0 Å². The molecule has 3 aliphatic rings. The zero-order valence-electron chi connectivity index (χ0n) is 10.6. The second-order valence-electron chi connectivity index (χ2n) is 5.89. The molecule has 0 radical (unpaired) electrons. The van der Waals surface area contributed by atoms with Crippen LogP contribution in [-0.2, 0) is 9.59 Å². The number of halogens is 1. The summed E-state index contributed by atoms with van der Waals surface area (Å²) in [6, 6.07) is -0.407. The van der Waals surface area contributed by atoms with Crippen LogP contribution in [0.2, 0.25) is 0 Å². The Hall–Kier alpha value is -1.13. The topological polar surface area (TPSA) is 49.4 Å². The van der Waals surface area contributed by atoms with E-state index in [-0.39, 0.29) is 30.2 Å². The third-order valence-corrected chi connectivity index (χ3v) is 4.61. The number of carbonyl (C=O) groups excluding carboxylic acids is 2. The molecule has 0 aromatic carbocycles. The highest BCUT2D eigenvalue weighted by atomic mass is 19.1. The van der Waals surface area contributed by atoms with Gasteiger partial charge in [-0.15, -0.1) is 0 Å². The average molecular weight is 254 g/mol. The molecule has 2 unspecified atom stereocenters. The SMILES string of the molecule is CC1(C2CC2)C(=O)NC(C2CC2)C(=O)N1CCF. The fraction of sp³-hybridized carbons (Fsp3) is 0.846. The Morgan fingerprint density at radius 1 is 1.33 bits per heavy atom. The Balaban J connectivity index is 1.89. The summed E-state index contributed by atoms with van der Waals surface area (Å²) in [5.74, 6) is 0.305. The maximum Gasteiger partial charge on any atom is 0.246 e. The first kappa shape index (κ1) is 11.9. The first-order valence-electron chi connectivity index (χ1n) is 6.77. The van der Waals surface area contributed by atoms with Gasteiger partial charge in [0.1, 0.15) is 18.3 Å². The minimum absolute atomic E-state index is 0.0441. The Labute approximate surface area is 106 Å². The number of amides is 2. The van der Waals surface area contributed by atoms with Crippen molar-refractivity contribution in [2.75, 3.05) is 13.2 Å². The second-order valence-corrected chi connectivity index (χ2v) is 5.89. The molecule has 2 amide bonds. The molecule has 3 fully saturated rings. The van der Waals surface area contributed by atoms with E-state index in [4.69, 9.17) is 0 Å². The van der Waals surface area contributed by atoms with Gasteiger partial charge in [-0.25, -0.2) is 4.39 Å². The molecule has 1 heterocycles. The fourth-order valence-corrected chi connectivity index (χ4v) is 3.10. The van der Waals surface area contributed by atoms with Crippen molar-refractivity contribution >= 4 is 11.8 Å². The highest BCUT2D eigenvalue weighted by molar-refractivity contribution is 6.00. The van der Waals surface area contributed by atoms with E-state index >= 15 is 0 Å². The molecule has 1 saturated heterocycles. The lowest BCUT2D eigenvalue weighted by atomic mass is 9.87. The Morgan fingerprint density at radius 3 is 2.50 bits per heavy atom. The molecule has 18 heavy (non-hydrogen) atoms. The summed E-state index contributed by atoms with van der Waals surface area (Å²) in [6.07, 6.45) is 3.88. The van der Waals surface area contributed by atoms with Crippen LogP contribution in [0.4, 0.5) is 4.39 Å². The van der Waals surface area contributed by atoms with Crippen molar-refractivity contribution in [2.24, 2.45) is 11.8 Å². The average Bonchev–Trinajstić information content (AvgIpc) is 3.17. The molecule has 0 aromatic rings. The van der Waals surface area contributed by atoms with E-state index in [1.807, 2.05) is 0 Å². The van der Waals surface area contributed by atoms with Gasteiger partial charge in [-0.2, -0.15) is 0 Å². The van der Waals surface area contributed by atoms with Crippen LogP contribution in [0.5, 0.6) is 0 Å². The number of rotatable bonds is 4. The largest absolute Gasteiger partial charge is 0.342 e. The molecule has 100 valence electrons. The molecule has 1 aliphatic heterocycles. The van der Waals surface area contributed by atoms with Crippen LogP contribution in [0.25, 0.3) is 0 Å². The van der Waals surface area contributed by atoms with Crippen LogP contribution < -0.4 is 5.32 Å². The number of piperazine rings is 1. The summed E-state index contributed by atoms with van der Waals surface area (Å²) in [7, 11) is 0. The van der Waals surface area contributed by atoms with Crippen LogP contribution >= 0.6 is 0 Å². The molecule has 1 N–H and O–H groups in total. The predicted molar refractivity (Wildman–Crippen MR) is 63.5 cm³/mol. The normalized spacial score (nSPS) is 36.8. The minimum Gasteiger partial charge on any atom is -0.342 e. The van der Waals surface area contributed by atoms with Gasteiger partial charge >= 0.3 is 0 Å². The molecule has 0 bridgehead atoms. The van der Waals surface area contributed by atoms with Crippen LogP contribution in [0.15, 0.2) is 0 Å². The van der Waals surface area contributed by atoms with Crippen molar-refractivity contribution < 1.29 is 14.0 Å². The van der Waals surface area contributed by atoms with E-state index in [9.17, 15) is 14.0 Å². The highest BCUT2D eigenvalue weighted by Gasteiger charge is 2.58. The van der Waals surface area contributed by atoms with Gasteiger partial charge < -0.3 is 10.2 Å². The van der Waals surface area contributed by atoms with Crippen LogP contribution in [0.1, 0.15) is 32.6 Å². The molecular formula is C13H19FN2O2. The lowest BCUT2D eigenvalue weighted by Gasteiger charge is -2.46. The van der Waals surface area contributed by atoms with Crippen molar-refractivity contribution in [3.8, 4) is 0 Å². The Morgan fingerprint density at radius 2 is 2.00 bits per heavy atom. The van der Waals surface area contributed by atoms with Gasteiger partial charge in [0, 0.05) is 0 Å². The van der Waals surface area contributed by atoms with Gasteiger partial charge in [0.2, 0.25) is 11.8 Å². The summed E-state index contributed by atoms with van der Waals surface area (Å²) < 4.78 is 12.7. The molecule has 3 rings (SSSR count). The minimum atomic E-state index is -0.825. The van der Waals surface area contributed by atoms with Crippen molar-refractivity contribution in [2.45, 2.75) is 44.2 Å². The quantitative estimate of drug-likeness (QED) is 0.809. The zero-order valence-corrected chi connectivity index (χ0v) is 10.6. The van der Waals surface area contributed by atoms with E-state index in [0.717, 1.165) is 25.7 Å². The van der Waals surface area contributed by atoms with Gasteiger partial charge in [-0.3, -0.25) is 9.59 Å². The van der Waals surface area contributed by atoms with Crippen molar-refractivity contribution in [1.82, 2.24) is 10.2 Å². The van der Waals surface area contributed by atoms with E-state index in [1.54, 1.807) is 6.92 Å². The first-order chi connectivity index (χ1) is 8.59. The van der Waals surface area contributed by atoms with Crippen LogP contribution in [0, 0.1) is 11.8 Å². The van der Waals surface area contributed by atoms with Crippen molar-refractivity contribution in [3.63, 3.8) is 0 Å². The Kier molecular flexibility index (Phi) is 2.61. The maximum atomic E-state index is 12.7. The molecular weight excluding hydrogens is 235 g/mol. The summed E-state index contributed by atoms with van der Waals surface area (Å²) >= 11 is 0. The number of nitrogens with one attached hydrogen (secondary N) is 1. The van der Waals surface area contributed by atoms with E-state index < -0.39 is 18.3 Å². The zero-order chi connectivity index (χ0) is 12.9. The summed E-state index contributed by atoms with van der Waals surface area (Å²) in [5.41, 5.74) is -0.825. The number of hydrogen-bond acceptors (Lipinski definition) is 2. The predicted octanol–water partition coefficient (Wildman–Crippen LogP) is 0.862. The van der Waals surface area contributed by atoms with E-state index in [0.29, 0.717) is 0 Å². The van der Waals surface area contributed by atoms with Gasteiger partial charge in [-0.1, -0.05) is 0 Å². The molecule has 2 atom stereocenters. The molecule has 0 aromatic heterocycles. The smallest absolute Gasteiger partial charge is 0.246 e. The highest BCUT2D eigenvalue weighted by Crippen LogP contribution is 2.46. The number of alkyl halides is 1. The first-order valence-corrected chi connectivity index (χ1v) is 6.77. The third kappa shape index (κ3) is 1.63. The van der Waals surface area contributed by atoms with Crippen molar-refractivity contribution in [1.29, 1.82) is 0 Å². The standard InChI is InChI=1S/C13H19FN2O2/c1-13(9-4-5-9)12(18)15-10(8-2-3-8)11(17)16(13)7-6-14/h8-10H,2-7H2,1H3,(H,15,18).